The van der Waals surface area contributed by atoms with Gasteiger partial charge in [0.2, 0.25) is 5.78 Å². The van der Waals surface area contributed by atoms with E-state index in [0.29, 0.717) is 21.4 Å². The Hall–Kier alpha value is -1.58. The van der Waals surface area contributed by atoms with Crippen molar-refractivity contribution in [2.45, 2.75) is 0 Å². The van der Waals surface area contributed by atoms with Gasteiger partial charge in [0.25, 0.3) is 0 Å². The molecule has 0 aliphatic carbocycles. The molecule has 0 aliphatic heterocycles. The van der Waals surface area contributed by atoms with E-state index in [2.05, 4.69) is 4.98 Å². The van der Waals surface area contributed by atoms with Crippen LogP contribution in [0.1, 0.15) is 10.4 Å². The van der Waals surface area contributed by atoms with Crippen LogP contribution in [0.2, 0.25) is 10.0 Å². The molecule has 0 N–H and O–H groups in total. The quantitative estimate of drug-likeness (QED) is 0.803. The van der Waals surface area contributed by atoms with Crippen LogP contribution in [0, 0.1) is 0 Å². The first-order valence-electron chi connectivity index (χ1n) is 5.18. The topological polar surface area (TPSA) is 39.2 Å². The largest absolute Gasteiger partial charge is 0.484 e. The number of Topliss-reactive ketones (excluding diaryl/α,β-unsaturated/α-hetero) is 1. The van der Waals surface area contributed by atoms with Crippen molar-refractivity contribution in [2.75, 3.05) is 6.61 Å². The Kier molecular flexibility index (Phi) is 4.18. The second-order valence-corrected chi connectivity index (χ2v) is 4.37. The lowest BCUT2D eigenvalue weighted by Crippen LogP contribution is -2.11. The summed E-state index contributed by atoms with van der Waals surface area (Å²) in [5, 5.41) is 0.896. The second-order valence-electron chi connectivity index (χ2n) is 3.53. The third-order valence-corrected chi connectivity index (χ3v) is 2.77. The van der Waals surface area contributed by atoms with E-state index in [0.717, 1.165) is 0 Å². The number of carbonyl (C=O) groups is 1. The maximum absolute atomic E-state index is 11.8. The summed E-state index contributed by atoms with van der Waals surface area (Å²) in [7, 11) is 0. The van der Waals surface area contributed by atoms with Gasteiger partial charge in [-0.3, -0.25) is 9.78 Å². The summed E-state index contributed by atoms with van der Waals surface area (Å²) < 4.78 is 5.34. The molecule has 0 radical (unpaired) electrons. The summed E-state index contributed by atoms with van der Waals surface area (Å²) in [5.41, 5.74) is 0.502. The lowest BCUT2D eigenvalue weighted by molar-refractivity contribution is 0.0921. The van der Waals surface area contributed by atoms with Gasteiger partial charge in [-0.1, -0.05) is 23.2 Å². The molecule has 0 saturated heterocycles. The Labute approximate surface area is 114 Å². The molecule has 3 nitrogen and oxygen atoms in total. The molecule has 0 amide bonds. The molecular weight excluding hydrogens is 273 g/mol. The Morgan fingerprint density at radius 2 is 2.11 bits per heavy atom. The molecule has 0 aliphatic rings. The highest BCUT2D eigenvalue weighted by Gasteiger charge is 2.08. The molecule has 92 valence electrons. The fourth-order valence-electron chi connectivity index (χ4n) is 1.35. The van der Waals surface area contributed by atoms with Crippen molar-refractivity contribution in [3.63, 3.8) is 0 Å². The van der Waals surface area contributed by atoms with Gasteiger partial charge in [-0.2, -0.15) is 0 Å². The van der Waals surface area contributed by atoms with Crippen LogP contribution in [0.15, 0.2) is 42.7 Å². The zero-order chi connectivity index (χ0) is 13.0. The number of ketones is 1. The van der Waals surface area contributed by atoms with Crippen LogP contribution in [0.25, 0.3) is 0 Å². The third kappa shape index (κ3) is 3.22. The summed E-state index contributed by atoms with van der Waals surface area (Å²) in [6.45, 7) is -0.0902. The Balaban J connectivity index is 2.02. The van der Waals surface area contributed by atoms with Crippen molar-refractivity contribution < 1.29 is 9.53 Å². The number of nitrogens with zero attached hydrogens (tertiary/aromatic N) is 1. The summed E-state index contributed by atoms with van der Waals surface area (Å²) in [6, 6.07) is 8.22. The molecule has 0 atom stereocenters. The number of benzene rings is 1. The first-order valence-corrected chi connectivity index (χ1v) is 5.93. The van der Waals surface area contributed by atoms with E-state index in [1.165, 1.54) is 6.20 Å². The molecule has 2 aromatic rings. The van der Waals surface area contributed by atoms with E-state index < -0.39 is 0 Å². The van der Waals surface area contributed by atoms with Crippen molar-refractivity contribution in [2.24, 2.45) is 0 Å². The molecule has 0 unspecified atom stereocenters. The van der Waals surface area contributed by atoms with Crippen molar-refractivity contribution in [3.05, 3.63) is 58.3 Å². The van der Waals surface area contributed by atoms with E-state index in [4.69, 9.17) is 27.9 Å². The minimum atomic E-state index is -0.158. The highest BCUT2D eigenvalue weighted by atomic mass is 35.5. The zero-order valence-electron chi connectivity index (χ0n) is 9.27. The van der Waals surface area contributed by atoms with Gasteiger partial charge >= 0.3 is 0 Å². The standard InChI is InChI=1S/C13H9Cl2NO2/c14-10-3-4-13(11(15)6-10)18-8-12(17)9-2-1-5-16-7-9/h1-7H,8H2. The van der Waals surface area contributed by atoms with Crippen LogP contribution < -0.4 is 4.74 Å². The second kappa shape index (κ2) is 5.85. The number of aromatic nitrogens is 1. The molecule has 5 heteroatoms. The zero-order valence-corrected chi connectivity index (χ0v) is 10.8. The van der Waals surface area contributed by atoms with Crippen molar-refractivity contribution in [1.29, 1.82) is 0 Å². The number of ether oxygens (including phenoxy) is 1. The van der Waals surface area contributed by atoms with Crippen molar-refractivity contribution >= 4 is 29.0 Å². The normalized spacial score (nSPS) is 10.1. The predicted octanol–water partition coefficient (Wildman–Crippen LogP) is 3.65. The van der Waals surface area contributed by atoms with Crippen LogP contribution >= 0.6 is 23.2 Å². The SMILES string of the molecule is O=C(COc1ccc(Cl)cc1Cl)c1cccnc1. The van der Waals surface area contributed by atoms with Crippen LogP contribution in [-0.4, -0.2) is 17.4 Å². The van der Waals surface area contributed by atoms with Gasteiger partial charge in [-0.05, 0) is 30.3 Å². The van der Waals surface area contributed by atoms with E-state index >= 15 is 0 Å². The van der Waals surface area contributed by atoms with Gasteiger partial charge in [0, 0.05) is 23.0 Å². The molecule has 2 rings (SSSR count). The smallest absolute Gasteiger partial charge is 0.201 e. The summed E-state index contributed by atoms with van der Waals surface area (Å²) in [4.78, 5) is 15.6. The van der Waals surface area contributed by atoms with Crippen LogP contribution in [0.5, 0.6) is 5.75 Å². The molecule has 0 spiro atoms. The summed E-state index contributed by atoms with van der Waals surface area (Å²) >= 11 is 11.7. The Morgan fingerprint density at radius 1 is 1.28 bits per heavy atom. The van der Waals surface area contributed by atoms with Gasteiger partial charge in [-0.25, -0.2) is 0 Å². The van der Waals surface area contributed by atoms with Crippen molar-refractivity contribution in [1.82, 2.24) is 4.98 Å². The maximum Gasteiger partial charge on any atom is 0.201 e. The highest BCUT2D eigenvalue weighted by Crippen LogP contribution is 2.27. The van der Waals surface area contributed by atoms with Gasteiger partial charge in [0.1, 0.15) is 5.75 Å². The fourth-order valence-corrected chi connectivity index (χ4v) is 1.81. The van der Waals surface area contributed by atoms with Crippen LogP contribution in [0.3, 0.4) is 0 Å². The summed E-state index contributed by atoms with van der Waals surface area (Å²) in [6.07, 6.45) is 3.10. The Morgan fingerprint density at radius 3 is 2.78 bits per heavy atom. The molecule has 0 saturated carbocycles. The van der Waals surface area contributed by atoms with Crippen molar-refractivity contribution in [3.8, 4) is 5.75 Å². The number of hydrogen-bond donors (Lipinski definition) is 0. The van der Waals surface area contributed by atoms with Gasteiger partial charge in [0.05, 0.1) is 5.02 Å². The molecule has 0 bridgehead atoms. The fraction of sp³-hybridized carbons (Fsp3) is 0.0769. The van der Waals surface area contributed by atoms with E-state index in [-0.39, 0.29) is 12.4 Å². The molecule has 1 aromatic heterocycles. The lowest BCUT2D eigenvalue weighted by atomic mass is 10.2. The first kappa shape index (κ1) is 12.9. The highest BCUT2D eigenvalue weighted by molar-refractivity contribution is 6.35. The number of pyridine rings is 1. The summed E-state index contributed by atoms with van der Waals surface area (Å²) in [5.74, 6) is 0.271. The van der Waals surface area contributed by atoms with Crippen LogP contribution in [0.4, 0.5) is 0 Å². The number of halogens is 2. The number of carbonyl (C=O) groups excluding carboxylic acids is 1. The van der Waals surface area contributed by atoms with E-state index in [1.54, 1.807) is 36.5 Å². The number of hydrogen-bond acceptors (Lipinski definition) is 3. The average molecular weight is 282 g/mol. The molecule has 0 fully saturated rings. The van der Waals surface area contributed by atoms with Crippen LogP contribution in [-0.2, 0) is 0 Å². The predicted molar refractivity (Wildman–Crippen MR) is 70.5 cm³/mol. The minimum Gasteiger partial charge on any atom is -0.484 e. The number of rotatable bonds is 4. The van der Waals surface area contributed by atoms with E-state index in [9.17, 15) is 4.79 Å². The lowest BCUT2D eigenvalue weighted by Gasteiger charge is -2.07. The van der Waals surface area contributed by atoms with E-state index in [1.807, 2.05) is 0 Å². The Bertz CT molecular complexity index is 558. The monoisotopic (exact) mass is 281 g/mol. The molecule has 1 heterocycles. The first-order chi connectivity index (χ1) is 8.66. The third-order valence-electron chi connectivity index (χ3n) is 2.24. The minimum absolute atomic E-state index is 0.0902. The molecule has 1 aromatic carbocycles. The van der Waals surface area contributed by atoms with Gasteiger partial charge < -0.3 is 4.74 Å². The van der Waals surface area contributed by atoms with Gasteiger partial charge in [0.15, 0.2) is 6.61 Å². The average Bonchev–Trinajstić information content (AvgIpc) is 2.38. The van der Waals surface area contributed by atoms with Gasteiger partial charge in [-0.15, -0.1) is 0 Å². The molecule has 18 heavy (non-hydrogen) atoms. The molecular formula is C13H9Cl2NO2. The maximum atomic E-state index is 11.8.